The van der Waals surface area contributed by atoms with Crippen LogP contribution in [0, 0.1) is 0 Å². The van der Waals surface area contributed by atoms with Gasteiger partial charge in [-0.3, -0.25) is 0 Å². The van der Waals surface area contributed by atoms with E-state index in [0.717, 1.165) is 0 Å². The largest absolute Gasteiger partial charge is 0.144 e. The molecule has 0 bridgehead atoms. The molecular formula is C23H33PS. The van der Waals surface area contributed by atoms with Crippen molar-refractivity contribution >= 4 is 30.6 Å². The van der Waals surface area contributed by atoms with E-state index in [0.29, 0.717) is 0 Å². The van der Waals surface area contributed by atoms with Gasteiger partial charge in [0, 0.05) is 10.2 Å². The summed E-state index contributed by atoms with van der Waals surface area (Å²) in [6, 6.07) is 9.25. The summed E-state index contributed by atoms with van der Waals surface area (Å²) in [5.74, 6) is 2.36. The van der Waals surface area contributed by atoms with Gasteiger partial charge in [-0.2, -0.15) is 0 Å². The third-order valence-corrected chi connectivity index (χ3v) is 6.60. The Bertz CT molecular complexity index is 710. The smallest absolute Gasteiger partial charge is 0.0316 e. The van der Waals surface area contributed by atoms with Gasteiger partial charge in [-0.25, -0.2) is 0 Å². The summed E-state index contributed by atoms with van der Waals surface area (Å²) < 4.78 is 0. The lowest BCUT2D eigenvalue weighted by atomic mass is 9.75. The quantitative estimate of drug-likeness (QED) is 0.495. The van der Waals surface area contributed by atoms with Gasteiger partial charge in [-0.15, -0.1) is 11.3 Å². The Labute approximate surface area is 160 Å². The average molecular weight is 373 g/mol. The van der Waals surface area contributed by atoms with Gasteiger partial charge >= 0.3 is 0 Å². The van der Waals surface area contributed by atoms with Crippen molar-refractivity contribution < 1.29 is 0 Å². The Balaban J connectivity index is 2.77. The maximum absolute atomic E-state index is 2.46. The highest BCUT2D eigenvalue weighted by atomic mass is 32.1. The third kappa shape index (κ3) is 5.05. The monoisotopic (exact) mass is 372 g/mol. The summed E-state index contributed by atoms with van der Waals surface area (Å²) in [6.07, 6.45) is 0. The van der Waals surface area contributed by atoms with Crippen LogP contribution in [0.2, 0.25) is 0 Å². The summed E-state index contributed by atoms with van der Waals surface area (Å²) in [7, 11) is 1.30. The molecule has 0 saturated carbocycles. The molecule has 0 radical (unpaired) electrons. The summed E-state index contributed by atoms with van der Waals surface area (Å²) in [4.78, 5) is 1.35. The lowest BCUT2D eigenvalue weighted by Crippen LogP contribution is -2.29. The Hall–Kier alpha value is -0.910. The van der Waals surface area contributed by atoms with Gasteiger partial charge in [0.15, 0.2) is 0 Å². The molecule has 1 heterocycles. The van der Waals surface area contributed by atoms with Gasteiger partial charge in [-0.1, -0.05) is 88.7 Å². The molecule has 0 saturated heterocycles. The van der Waals surface area contributed by atoms with E-state index in [9.17, 15) is 0 Å². The Kier molecular flexibility index (Phi) is 5.72. The van der Waals surface area contributed by atoms with Gasteiger partial charge in [0.1, 0.15) is 0 Å². The molecule has 0 amide bonds. The van der Waals surface area contributed by atoms with Gasteiger partial charge in [0.2, 0.25) is 0 Å². The number of rotatable bonds is 2. The van der Waals surface area contributed by atoms with Gasteiger partial charge in [0.05, 0.1) is 0 Å². The first-order valence-corrected chi connectivity index (χ1v) is 10.9. The van der Waals surface area contributed by atoms with Crippen LogP contribution in [-0.2, 0) is 16.2 Å². The maximum Gasteiger partial charge on any atom is 0.0316 e. The van der Waals surface area contributed by atoms with Crippen LogP contribution in [0.5, 0.6) is 0 Å². The van der Waals surface area contributed by atoms with Crippen molar-refractivity contribution in [1.29, 1.82) is 0 Å². The molecule has 2 rings (SSSR count). The van der Waals surface area contributed by atoms with Crippen molar-refractivity contribution in [2.24, 2.45) is 0 Å². The Morgan fingerprint density at radius 2 is 1.32 bits per heavy atom. The van der Waals surface area contributed by atoms with E-state index < -0.39 is 0 Å². The zero-order chi connectivity index (χ0) is 19.0. The van der Waals surface area contributed by atoms with Crippen LogP contribution in [-0.4, -0.2) is 5.80 Å². The van der Waals surface area contributed by atoms with Crippen molar-refractivity contribution in [3.05, 3.63) is 51.2 Å². The van der Waals surface area contributed by atoms with Crippen molar-refractivity contribution in [1.82, 2.24) is 0 Å². The van der Waals surface area contributed by atoms with E-state index in [1.807, 2.05) is 11.3 Å². The van der Waals surface area contributed by atoms with Crippen molar-refractivity contribution in [3.63, 3.8) is 0 Å². The molecule has 2 aromatic rings. The predicted octanol–water partition coefficient (Wildman–Crippen LogP) is 7.06. The standard InChI is InChI=1S/C23H33PS/c1-21(2,3)16-13-18(22(4,5)6)20(19(14-16)23(7,8)9)24-15-17-11-10-12-25-17/h10-15H,1-9H3. The molecule has 0 atom stereocenters. The molecule has 1 aromatic carbocycles. The van der Waals surface area contributed by atoms with Crippen molar-refractivity contribution in [3.8, 4) is 0 Å². The molecule has 1 aromatic heterocycles. The summed E-state index contributed by atoms with van der Waals surface area (Å²) in [5, 5.41) is 3.64. The normalized spacial score (nSPS) is 13.6. The fourth-order valence-electron chi connectivity index (χ4n) is 2.84. The van der Waals surface area contributed by atoms with Crippen LogP contribution < -0.4 is 5.30 Å². The molecule has 0 aliphatic carbocycles. The first-order valence-electron chi connectivity index (χ1n) is 9.07. The van der Waals surface area contributed by atoms with Crippen molar-refractivity contribution in [2.75, 3.05) is 0 Å². The van der Waals surface area contributed by atoms with Crippen LogP contribution in [0.4, 0.5) is 0 Å². The fraction of sp³-hybridized carbons (Fsp3) is 0.522. The van der Waals surface area contributed by atoms with Crippen molar-refractivity contribution in [2.45, 2.75) is 78.6 Å². The molecule has 0 aliphatic heterocycles. The minimum Gasteiger partial charge on any atom is -0.144 e. The SMILES string of the molecule is CC(C)(C)c1cc(C(C)(C)C)c(P=Cc2cccs2)c(C(C)(C)C)c1. The van der Waals surface area contributed by atoms with Crippen LogP contribution in [0.25, 0.3) is 0 Å². The van der Waals surface area contributed by atoms with Crippen LogP contribution in [0.3, 0.4) is 0 Å². The summed E-state index contributed by atoms with van der Waals surface area (Å²) >= 11 is 1.81. The van der Waals surface area contributed by atoms with E-state index in [1.165, 1.54) is 35.1 Å². The second-order valence-corrected chi connectivity index (χ2v) is 11.9. The maximum atomic E-state index is 2.46. The summed E-state index contributed by atoms with van der Waals surface area (Å²) in [5.41, 5.74) is 4.84. The number of benzene rings is 1. The number of hydrogen-bond donors (Lipinski definition) is 0. The average Bonchev–Trinajstić information content (AvgIpc) is 2.94. The highest BCUT2D eigenvalue weighted by molar-refractivity contribution is 7.48. The molecule has 0 nitrogen and oxygen atoms in total. The molecule has 0 N–H and O–H groups in total. The van der Waals surface area contributed by atoms with Gasteiger partial charge < -0.3 is 0 Å². The minimum absolute atomic E-state index is 0.132. The molecule has 136 valence electrons. The van der Waals surface area contributed by atoms with E-state index in [2.05, 4.69) is 97.8 Å². The topological polar surface area (TPSA) is 0 Å². The molecule has 0 fully saturated rings. The number of thiophene rings is 1. The molecule has 2 heteroatoms. The third-order valence-electron chi connectivity index (χ3n) is 4.46. The highest BCUT2D eigenvalue weighted by Crippen LogP contribution is 2.35. The van der Waals surface area contributed by atoms with Crippen LogP contribution in [0.15, 0.2) is 29.6 Å². The number of hydrogen-bond acceptors (Lipinski definition) is 1. The second kappa shape index (κ2) is 7.01. The lowest BCUT2D eigenvalue weighted by Gasteiger charge is -2.32. The molecule has 0 spiro atoms. The summed E-state index contributed by atoms with van der Waals surface area (Å²) in [6.45, 7) is 21.0. The second-order valence-electron chi connectivity index (χ2n) is 9.94. The zero-order valence-corrected chi connectivity index (χ0v) is 19.0. The fourth-order valence-corrected chi connectivity index (χ4v) is 5.14. The van der Waals surface area contributed by atoms with Gasteiger partial charge in [-0.05, 0) is 50.2 Å². The molecule has 0 aliphatic rings. The van der Waals surface area contributed by atoms with E-state index in [4.69, 9.17) is 0 Å². The molecular weight excluding hydrogens is 339 g/mol. The van der Waals surface area contributed by atoms with Crippen LogP contribution in [0.1, 0.15) is 83.9 Å². The lowest BCUT2D eigenvalue weighted by molar-refractivity contribution is 0.554. The van der Waals surface area contributed by atoms with E-state index >= 15 is 0 Å². The first-order chi connectivity index (χ1) is 11.3. The van der Waals surface area contributed by atoms with Crippen LogP contribution >= 0.6 is 19.5 Å². The Morgan fingerprint density at radius 3 is 1.68 bits per heavy atom. The molecule has 0 unspecified atom stereocenters. The minimum atomic E-state index is 0.132. The zero-order valence-electron chi connectivity index (χ0n) is 17.3. The van der Waals surface area contributed by atoms with E-state index in [-0.39, 0.29) is 16.2 Å². The first kappa shape index (κ1) is 20.4. The Morgan fingerprint density at radius 1 is 0.800 bits per heavy atom. The van der Waals surface area contributed by atoms with E-state index in [1.54, 1.807) is 0 Å². The highest BCUT2D eigenvalue weighted by Gasteiger charge is 2.28. The predicted molar refractivity (Wildman–Crippen MR) is 119 cm³/mol. The molecule has 25 heavy (non-hydrogen) atoms. The van der Waals surface area contributed by atoms with Gasteiger partial charge in [0.25, 0.3) is 0 Å².